The van der Waals surface area contributed by atoms with E-state index in [0.717, 1.165) is 11.3 Å². The molecular formula is C26H31FO4. The van der Waals surface area contributed by atoms with Gasteiger partial charge in [-0.25, -0.2) is 4.39 Å². The third-order valence-electron chi connectivity index (χ3n) is 4.81. The van der Waals surface area contributed by atoms with Crippen LogP contribution < -0.4 is 9.47 Å². The minimum atomic E-state index is -1.36. The molecule has 2 unspecified atom stereocenters. The topological polar surface area (TPSA) is 44.8 Å². The Labute approximate surface area is 184 Å². The van der Waals surface area contributed by atoms with Crippen molar-refractivity contribution in [2.45, 2.75) is 45.7 Å². The summed E-state index contributed by atoms with van der Waals surface area (Å²) in [6.07, 6.45) is 0.218. The van der Waals surface area contributed by atoms with Crippen LogP contribution in [0.1, 0.15) is 51.2 Å². The standard InChI is InChI=1S/C26H31FO4/c1-6-7-21(16-25(28)29-5)20-8-12-23(13-9-20)30-17-19(2)18-31-24-14-10-22(11-15-24)26(3,4)27/h8-15,19,21H,16-18H2,1-5H3. The Morgan fingerprint density at radius 2 is 1.52 bits per heavy atom. The number of carbonyl (C=O) groups excluding carboxylic acids is 1. The number of esters is 1. The maximum Gasteiger partial charge on any atom is 0.307 e. The molecule has 0 aromatic heterocycles. The summed E-state index contributed by atoms with van der Waals surface area (Å²) in [5.74, 6) is 7.04. The number of hydrogen-bond donors (Lipinski definition) is 0. The second-order valence-electron chi connectivity index (χ2n) is 8.02. The highest BCUT2D eigenvalue weighted by molar-refractivity contribution is 5.71. The Kier molecular flexibility index (Phi) is 8.93. The van der Waals surface area contributed by atoms with E-state index in [1.807, 2.05) is 31.2 Å². The van der Waals surface area contributed by atoms with E-state index in [0.29, 0.717) is 24.5 Å². The van der Waals surface area contributed by atoms with Crippen LogP contribution in [0.5, 0.6) is 11.5 Å². The zero-order valence-corrected chi connectivity index (χ0v) is 18.9. The van der Waals surface area contributed by atoms with Crippen LogP contribution in [0.15, 0.2) is 48.5 Å². The predicted molar refractivity (Wildman–Crippen MR) is 120 cm³/mol. The van der Waals surface area contributed by atoms with Crippen LogP contribution in [0.25, 0.3) is 0 Å². The molecule has 0 saturated carbocycles. The van der Waals surface area contributed by atoms with E-state index in [9.17, 15) is 9.18 Å². The normalized spacial score (nSPS) is 12.8. The molecule has 0 N–H and O–H groups in total. The molecule has 0 fully saturated rings. The molecular weight excluding hydrogens is 395 g/mol. The van der Waals surface area contributed by atoms with Crippen molar-refractivity contribution in [2.75, 3.05) is 20.3 Å². The van der Waals surface area contributed by atoms with E-state index in [2.05, 4.69) is 11.8 Å². The minimum Gasteiger partial charge on any atom is -0.493 e. The molecule has 0 aliphatic rings. The van der Waals surface area contributed by atoms with Crippen molar-refractivity contribution < 1.29 is 23.4 Å². The van der Waals surface area contributed by atoms with Crippen molar-refractivity contribution in [2.24, 2.45) is 5.92 Å². The van der Waals surface area contributed by atoms with Gasteiger partial charge in [-0.2, -0.15) is 0 Å². The van der Waals surface area contributed by atoms with Gasteiger partial charge in [0.05, 0.1) is 32.7 Å². The molecule has 0 heterocycles. The number of carbonyl (C=O) groups is 1. The van der Waals surface area contributed by atoms with Gasteiger partial charge in [-0.3, -0.25) is 4.79 Å². The smallest absolute Gasteiger partial charge is 0.307 e. The monoisotopic (exact) mass is 426 g/mol. The summed E-state index contributed by atoms with van der Waals surface area (Å²) in [5.41, 5.74) is 0.208. The summed E-state index contributed by atoms with van der Waals surface area (Å²) in [5, 5.41) is 0. The van der Waals surface area contributed by atoms with Crippen molar-refractivity contribution in [1.29, 1.82) is 0 Å². The van der Waals surface area contributed by atoms with Gasteiger partial charge in [-0.15, -0.1) is 5.92 Å². The maximum absolute atomic E-state index is 13.9. The first kappa shape index (κ1) is 24.3. The maximum atomic E-state index is 13.9. The SMILES string of the molecule is CC#CC(CC(=O)OC)c1ccc(OCC(C)COc2ccc(C(C)(C)F)cc2)cc1. The zero-order chi connectivity index (χ0) is 22.9. The molecule has 0 aliphatic carbocycles. The fraction of sp³-hybridized carbons (Fsp3) is 0.423. The molecule has 4 nitrogen and oxygen atoms in total. The number of alkyl halides is 1. The molecule has 0 aliphatic heterocycles. The van der Waals surface area contributed by atoms with Gasteiger partial charge in [0.25, 0.3) is 0 Å². The first-order chi connectivity index (χ1) is 14.7. The average molecular weight is 427 g/mol. The Morgan fingerprint density at radius 3 is 1.97 bits per heavy atom. The zero-order valence-electron chi connectivity index (χ0n) is 18.9. The Balaban J connectivity index is 1.84. The number of rotatable bonds is 10. The molecule has 31 heavy (non-hydrogen) atoms. The molecule has 0 bridgehead atoms. The van der Waals surface area contributed by atoms with Crippen LogP contribution in [0.2, 0.25) is 0 Å². The van der Waals surface area contributed by atoms with Gasteiger partial charge in [-0.05, 0) is 56.2 Å². The lowest BCUT2D eigenvalue weighted by Gasteiger charge is -2.17. The van der Waals surface area contributed by atoms with Crippen molar-refractivity contribution in [3.63, 3.8) is 0 Å². The van der Waals surface area contributed by atoms with Crippen LogP contribution >= 0.6 is 0 Å². The van der Waals surface area contributed by atoms with Gasteiger partial charge in [0.2, 0.25) is 0 Å². The van der Waals surface area contributed by atoms with Crippen LogP contribution in [-0.4, -0.2) is 26.3 Å². The Morgan fingerprint density at radius 1 is 1.00 bits per heavy atom. The number of ether oxygens (including phenoxy) is 3. The third-order valence-corrected chi connectivity index (χ3v) is 4.81. The highest BCUT2D eigenvalue weighted by atomic mass is 19.1. The van der Waals surface area contributed by atoms with Gasteiger partial charge in [0, 0.05) is 5.92 Å². The lowest BCUT2D eigenvalue weighted by Crippen LogP contribution is -2.17. The molecule has 166 valence electrons. The van der Waals surface area contributed by atoms with Crippen LogP contribution in [0, 0.1) is 17.8 Å². The number of hydrogen-bond acceptors (Lipinski definition) is 4. The fourth-order valence-corrected chi connectivity index (χ4v) is 2.95. The highest BCUT2D eigenvalue weighted by Crippen LogP contribution is 2.26. The van der Waals surface area contributed by atoms with E-state index in [4.69, 9.17) is 14.2 Å². The number of halogens is 1. The van der Waals surface area contributed by atoms with Crippen molar-refractivity contribution in [1.82, 2.24) is 0 Å². The first-order valence-electron chi connectivity index (χ1n) is 10.4. The van der Waals surface area contributed by atoms with E-state index in [-0.39, 0.29) is 24.2 Å². The Bertz CT molecular complexity index is 886. The van der Waals surface area contributed by atoms with E-state index < -0.39 is 5.67 Å². The van der Waals surface area contributed by atoms with Crippen molar-refractivity contribution in [3.8, 4) is 23.3 Å². The quantitative estimate of drug-likeness (QED) is 0.363. The predicted octanol–water partition coefficient (Wildman–Crippen LogP) is 5.66. The van der Waals surface area contributed by atoms with Crippen molar-refractivity contribution >= 4 is 5.97 Å². The summed E-state index contributed by atoms with van der Waals surface area (Å²) in [7, 11) is 1.38. The molecule has 2 aromatic rings. The molecule has 2 aromatic carbocycles. The summed E-state index contributed by atoms with van der Waals surface area (Å²) in [6, 6.07) is 14.7. The summed E-state index contributed by atoms with van der Waals surface area (Å²) < 4.78 is 30.3. The van der Waals surface area contributed by atoms with Gasteiger partial charge in [0.15, 0.2) is 0 Å². The molecule has 5 heteroatoms. The molecule has 0 amide bonds. The first-order valence-corrected chi connectivity index (χ1v) is 10.4. The second kappa shape index (κ2) is 11.4. The lowest BCUT2D eigenvalue weighted by atomic mass is 9.96. The molecule has 0 spiro atoms. The van der Waals surface area contributed by atoms with Crippen molar-refractivity contribution in [3.05, 3.63) is 59.7 Å². The van der Waals surface area contributed by atoms with Crippen LogP contribution in [0.4, 0.5) is 4.39 Å². The molecule has 0 saturated heterocycles. The van der Waals surface area contributed by atoms with Gasteiger partial charge < -0.3 is 14.2 Å². The molecule has 0 radical (unpaired) electrons. The number of methoxy groups -OCH3 is 1. The Hall–Kier alpha value is -3.00. The fourth-order valence-electron chi connectivity index (χ4n) is 2.95. The largest absolute Gasteiger partial charge is 0.493 e. The molecule has 2 atom stereocenters. The third kappa shape index (κ3) is 7.97. The number of benzene rings is 2. The average Bonchev–Trinajstić information content (AvgIpc) is 2.76. The van der Waals surface area contributed by atoms with E-state index >= 15 is 0 Å². The van der Waals surface area contributed by atoms with E-state index in [1.54, 1.807) is 31.2 Å². The summed E-state index contributed by atoms with van der Waals surface area (Å²) in [4.78, 5) is 11.6. The molecule has 2 rings (SSSR count). The van der Waals surface area contributed by atoms with Crippen LogP contribution in [0.3, 0.4) is 0 Å². The highest BCUT2D eigenvalue weighted by Gasteiger charge is 2.18. The minimum absolute atomic E-state index is 0.162. The summed E-state index contributed by atoms with van der Waals surface area (Å²) in [6.45, 7) is 7.84. The van der Waals surface area contributed by atoms with Gasteiger partial charge in [-0.1, -0.05) is 37.1 Å². The van der Waals surface area contributed by atoms with Gasteiger partial charge >= 0.3 is 5.97 Å². The second-order valence-corrected chi connectivity index (χ2v) is 8.02. The summed E-state index contributed by atoms with van der Waals surface area (Å²) >= 11 is 0. The van der Waals surface area contributed by atoms with E-state index in [1.165, 1.54) is 21.0 Å². The van der Waals surface area contributed by atoms with Gasteiger partial charge in [0.1, 0.15) is 17.2 Å². The van der Waals surface area contributed by atoms with Crippen LogP contribution in [-0.2, 0) is 15.2 Å². The lowest BCUT2D eigenvalue weighted by molar-refractivity contribution is -0.140.